The molecule has 0 amide bonds. The van der Waals surface area contributed by atoms with Crippen LogP contribution < -0.4 is 14.8 Å². The first-order chi connectivity index (χ1) is 7.22. The molecule has 2 N–H and O–H groups in total. The minimum absolute atomic E-state index is 0.00497. The standard InChI is InChI=1S/C11H15NO3/c1-7(12-2)11(13)8-3-4-9-10(5-8)15-6-14-9/h3-5,7,11-13H,6H2,1-2H3/t7-,11?/m0/s1. The van der Waals surface area contributed by atoms with Crippen LogP contribution in [0.2, 0.25) is 0 Å². The van der Waals surface area contributed by atoms with Gasteiger partial charge in [0.15, 0.2) is 11.5 Å². The van der Waals surface area contributed by atoms with E-state index in [0.717, 1.165) is 11.3 Å². The highest BCUT2D eigenvalue weighted by atomic mass is 16.7. The molecule has 1 aliphatic rings. The van der Waals surface area contributed by atoms with Gasteiger partial charge < -0.3 is 19.9 Å². The molecule has 1 heterocycles. The molecule has 0 radical (unpaired) electrons. The van der Waals surface area contributed by atoms with E-state index in [1.54, 1.807) is 0 Å². The van der Waals surface area contributed by atoms with Crippen molar-refractivity contribution in [2.45, 2.75) is 19.1 Å². The first kappa shape index (κ1) is 10.3. The van der Waals surface area contributed by atoms with Gasteiger partial charge in [0.05, 0.1) is 6.10 Å². The predicted molar refractivity (Wildman–Crippen MR) is 56.0 cm³/mol. The Labute approximate surface area is 88.8 Å². The molecular weight excluding hydrogens is 194 g/mol. The topological polar surface area (TPSA) is 50.7 Å². The smallest absolute Gasteiger partial charge is 0.231 e. The molecule has 1 unspecified atom stereocenters. The third-order valence-electron chi connectivity index (χ3n) is 2.67. The van der Waals surface area contributed by atoms with Gasteiger partial charge in [0.1, 0.15) is 0 Å². The third kappa shape index (κ3) is 1.91. The lowest BCUT2D eigenvalue weighted by molar-refractivity contribution is 0.139. The molecule has 0 aromatic heterocycles. The quantitative estimate of drug-likeness (QED) is 0.781. The zero-order valence-corrected chi connectivity index (χ0v) is 8.86. The fourth-order valence-electron chi connectivity index (χ4n) is 1.54. The van der Waals surface area contributed by atoms with Crippen LogP contribution in [0, 0.1) is 0 Å². The van der Waals surface area contributed by atoms with E-state index in [0.29, 0.717) is 5.75 Å². The van der Waals surface area contributed by atoms with E-state index in [2.05, 4.69) is 5.32 Å². The number of benzene rings is 1. The molecule has 4 nitrogen and oxygen atoms in total. The van der Waals surface area contributed by atoms with Crippen LogP contribution in [0.15, 0.2) is 18.2 Å². The lowest BCUT2D eigenvalue weighted by Gasteiger charge is -2.18. The van der Waals surface area contributed by atoms with Gasteiger partial charge in [0.25, 0.3) is 0 Å². The largest absolute Gasteiger partial charge is 0.454 e. The van der Waals surface area contributed by atoms with E-state index in [1.807, 2.05) is 32.2 Å². The molecule has 0 fully saturated rings. The number of ether oxygens (including phenoxy) is 2. The van der Waals surface area contributed by atoms with Crippen LogP contribution >= 0.6 is 0 Å². The Kier molecular flexibility index (Phi) is 2.79. The van der Waals surface area contributed by atoms with Gasteiger partial charge in [-0.05, 0) is 31.7 Å². The van der Waals surface area contributed by atoms with Crippen molar-refractivity contribution in [2.24, 2.45) is 0 Å². The highest BCUT2D eigenvalue weighted by Gasteiger charge is 2.19. The number of aliphatic hydroxyl groups is 1. The van der Waals surface area contributed by atoms with E-state index < -0.39 is 6.10 Å². The molecule has 4 heteroatoms. The van der Waals surface area contributed by atoms with Crippen LogP contribution in [0.5, 0.6) is 11.5 Å². The maximum absolute atomic E-state index is 9.96. The van der Waals surface area contributed by atoms with Crippen LogP contribution in [0.3, 0.4) is 0 Å². The lowest BCUT2D eigenvalue weighted by Crippen LogP contribution is -2.28. The summed E-state index contributed by atoms with van der Waals surface area (Å²) in [6, 6.07) is 5.50. The van der Waals surface area contributed by atoms with Gasteiger partial charge in [-0.25, -0.2) is 0 Å². The van der Waals surface area contributed by atoms with Gasteiger partial charge in [0.2, 0.25) is 6.79 Å². The number of aliphatic hydroxyl groups excluding tert-OH is 1. The van der Waals surface area contributed by atoms with Gasteiger partial charge in [-0.1, -0.05) is 6.07 Å². The minimum Gasteiger partial charge on any atom is -0.454 e. The molecule has 1 aromatic rings. The summed E-state index contributed by atoms with van der Waals surface area (Å²) in [7, 11) is 1.82. The fraction of sp³-hybridized carbons (Fsp3) is 0.455. The second kappa shape index (κ2) is 4.08. The normalized spacial score (nSPS) is 17.5. The van der Waals surface area contributed by atoms with Crippen LogP contribution in [0.1, 0.15) is 18.6 Å². The average molecular weight is 209 g/mol. The summed E-state index contributed by atoms with van der Waals surface area (Å²) in [5, 5.41) is 13.0. The first-order valence-corrected chi connectivity index (χ1v) is 4.97. The van der Waals surface area contributed by atoms with Gasteiger partial charge >= 0.3 is 0 Å². The van der Waals surface area contributed by atoms with Crippen molar-refractivity contribution in [3.8, 4) is 11.5 Å². The summed E-state index contributed by atoms with van der Waals surface area (Å²) in [5.41, 5.74) is 0.834. The zero-order chi connectivity index (χ0) is 10.8. The number of nitrogens with one attached hydrogen (secondary N) is 1. The summed E-state index contributed by atoms with van der Waals surface area (Å²) in [6.07, 6.45) is -0.538. The average Bonchev–Trinajstić information content (AvgIpc) is 2.73. The SMILES string of the molecule is CN[C@@H](C)C(O)c1ccc2c(c1)OCO2. The second-order valence-electron chi connectivity index (χ2n) is 3.63. The zero-order valence-electron chi connectivity index (χ0n) is 8.86. The maximum atomic E-state index is 9.96. The molecule has 1 aliphatic heterocycles. The Morgan fingerprint density at radius 1 is 1.33 bits per heavy atom. The van der Waals surface area contributed by atoms with Crippen molar-refractivity contribution < 1.29 is 14.6 Å². The highest BCUT2D eigenvalue weighted by molar-refractivity contribution is 5.45. The molecule has 0 spiro atoms. The van der Waals surface area contributed by atoms with Crippen molar-refractivity contribution in [2.75, 3.05) is 13.8 Å². The third-order valence-corrected chi connectivity index (χ3v) is 2.67. The van der Waals surface area contributed by atoms with Crippen molar-refractivity contribution in [3.63, 3.8) is 0 Å². The van der Waals surface area contributed by atoms with Gasteiger partial charge in [0, 0.05) is 6.04 Å². The second-order valence-corrected chi connectivity index (χ2v) is 3.63. The fourth-order valence-corrected chi connectivity index (χ4v) is 1.54. The minimum atomic E-state index is -0.538. The van der Waals surface area contributed by atoms with Crippen LogP contribution in [-0.4, -0.2) is 25.0 Å². The highest BCUT2D eigenvalue weighted by Crippen LogP contribution is 2.34. The van der Waals surface area contributed by atoms with Gasteiger partial charge in [-0.15, -0.1) is 0 Å². The molecular formula is C11H15NO3. The summed E-state index contributed by atoms with van der Waals surface area (Å²) in [6.45, 7) is 2.19. The van der Waals surface area contributed by atoms with Gasteiger partial charge in [-0.2, -0.15) is 0 Å². The Morgan fingerprint density at radius 2 is 2.07 bits per heavy atom. The van der Waals surface area contributed by atoms with Crippen molar-refractivity contribution >= 4 is 0 Å². The molecule has 2 rings (SSSR count). The molecule has 15 heavy (non-hydrogen) atoms. The van der Waals surface area contributed by atoms with Gasteiger partial charge in [-0.3, -0.25) is 0 Å². The number of fused-ring (bicyclic) bond motifs is 1. The molecule has 1 aromatic carbocycles. The monoisotopic (exact) mass is 209 g/mol. The molecule has 0 bridgehead atoms. The number of hydrogen-bond donors (Lipinski definition) is 2. The Balaban J connectivity index is 2.22. The van der Waals surface area contributed by atoms with E-state index in [4.69, 9.17) is 9.47 Å². The van der Waals surface area contributed by atoms with E-state index in [1.165, 1.54) is 0 Å². The first-order valence-electron chi connectivity index (χ1n) is 4.97. The van der Waals surface area contributed by atoms with E-state index in [-0.39, 0.29) is 12.8 Å². The predicted octanol–water partition coefficient (Wildman–Crippen LogP) is 1.06. The summed E-state index contributed by atoms with van der Waals surface area (Å²) < 4.78 is 10.4. The molecule has 82 valence electrons. The van der Waals surface area contributed by atoms with Crippen molar-refractivity contribution in [1.82, 2.24) is 5.32 Å². The molecule has 0 saturated heterocycles. The summed E-state index contributed by atoms with van der Waals surface area (Å²) in [5.74, 6) is 1.44. The van der Waals surface area contributed by atoms with Crippen molar-refractivity contribution in [1.29, 1.82) is 0 Å². The number of hydrogen-bond acceptors (Lipinski definition) is 4. The Hall–Kier alpha value is -1.26. The lowest BCUT2D eigenvalue weighted by atomic mass is 10.0. The Bertz CT molecular complexity index is 354. The number of rotatable bonds is 3. The maximum Gasteiger partial charge on any atom is 0.231 e. The molecule has 0 aliphatic carbocycles. The van der Waals surface area contributed by atoms with Crippen molar-refractivity contribution in [3.05, 3.63) is 23.8 Å². The molecule has 0 saturated carbocycles. The molecule has 2 atom stereocenters. The Morgan fingerprint density at radius 3 is 2.80 bits per heavy atom. The number of likely N-dealkylation sites (N-methyl/N-ethyl adjacent to an activating group) is 1. The van der Waals surface area contributed by atoms with Crippen LogP contribution in [-0.2, 0) is 0 Å². The van der Waals surface area contributed by atoms with E-state index in [9.17, 15) is 5.11 Å². The summed E-state index contributed by atoms with van der Waals surface area (Å²) in [4.78, 5) is 0. The summed E-state index contributed by atoms with van der Waals surface area (Å²) >= 11 is 0. The van der Waals surface area contributed by atoms with Crippen LogP contribution in [0.25, 0.3) is 0 Å². The van der Waals surface area contributed by atoms with Crippen LogP contribution in [0.4, 0.5) is 0 Å². The van der Waals surface area contributed by atoms with E-state index >= 15 is 0 Å².